The Bertz CT molecular complexity index is 659. The number of aromatic amines is 1. The summed E-state index contributed by atoms with van der Waals surface area (Å²) in [6, 6.07) is 1.64. The van der Waals surface area contributed by atoms with E-state index in [0.717, 1.165) is 18.7 Å². The largest absolute Gasteiger partial charge is 0.465 e. The van der Waals surface area contributed by atoms with Crippen LogP contribution in [0.15, 0.2) is 11.4 Å². The summed E-state index contributed by atoms with van der Waals surface area (Å²) in [5, 5.41) is 11.0. The van der Waals surface area contributed by atoms with E-state index in [0.29, 0.717) is 16.5 Å². The number of hydrogen-bond donors (Lipinski definition) is 2. The first kappa shape index (κ1) is 12.8. The SMILES string of the molecule is COC(=O)c1sccc1NC(=O)c1n[nH]c(C2CC2)n1. The summed E-state index contributed by atoms with van der Waals surface area (Å²) in [5.41, 5.74) is 0.407. The Labute approximate surface area is 118 Å². The van der Waals surface area contributed by atoms with Crippen LogP contribution < -0.4 is 5.32 Å². The lowest BCUT2D eigenvalue weighted by molar-refractivity contribution is 0.0607. The molecule has 0 atom stereocenters. The van der Waals surface area contributed by atoms with Gasteiger partial charge in [0.05, 0.1) is 12.8 Å². The lowest BCUT2D eigenvalue weighted by Crippen LogP contribution is -2.15. The molecule has 0 aromatic carbocycles. The Morgan fingerprint density at radius 1 is 1.50 bits per heavy atom. The van der Waals surface area contributed by atoms with Crippen molar-refractivity contribution in [1.82, 2.24) is 15.2 Å². The van der Waals surface area contributed by atoms with Crippen LogP contribution >= 0.6 is 11.3 Å². The van der Waals surface area contributed by atoms with Crippen LogP contribution in [0.2, 0.25) is 0 Å². The Morgan fingerprint density at radius 2 is 2.30 bits per heavy atom. The Kier molecular flexibility index (Phi) is 3.23. The highest BCUT2D eigenvalue weighted by Gasteiger charge is 2.28. The van der Waals surface area contributed by atoms with Gasteiger partial charge in [-0.15, -0.1) is 16.4 Å². The molecule has 2 N–H and O–H groups in total. The van der Waals surface area contributed by atoms with Crippen LogP contribution in [-0.2, 0) is 4.74 Å². The smallest absolute Gasteiger partial charge is 0.350 e. The van der Waals surface area contributed by atoms with Crippen LogP contribution in [0, 0.1) is 0 Å². The van der Waals surface area contributed by atoms with Gasteiger partial charge in [-0.05, 0) is 24.3 Å². The van der Waals surface area contributed by atoms with Gasteiger partial charge in [0.2, 0.25) is 5.82 Å². The molecule has 1 amide bonds. The second-order valence-electron chi connectivity index (χ2n) is 4.43. The predicted octanol–water partition coefficient (Wildman–Crippen LogP) is 1.78. The maximum Gasteiger partial charge on any atom is 0.350 e. The first-order valence-electron chi connectivity index (χ1n) is 6.08. The summed E-state index contributed by atoms with van der Waals surface area (Å²) in [4.78, 5) is 28.0. The molecule has 0 radical (unpaired) electrons. The molecule has 0 bridgehead atoms. The molecule has 8 heteroatoms. The fraction of sp³-hybridized carbons (Fsp3) is 0.333. The van der Waals surface area contributed by atoms with Gasteiger partial charge in [0.25, 0.3) is 5.91 Å². The van der Waals surface area contributed by atoms with Crippen molar-refractivity contribution in [1.29, 1.82) is 0 Å². The number of anilines is 1. The zero-order chi connectivity index (χ0) is 14.1. The van der Waals surface area contributed by atoms with Crippen LogP contribution in [0.1, 0.15) is 44.9 Å². The van der Waals surface area contributed by atoms with Crippen LogP contribution in [-0.4, -0.2) is 34.2 Å². The van der Waals surface area contributed by atoms with Gasteiger partial charge >= 0.3 is 5.97 Å². The second-order valence-corrected chi connectivity index (χ2v) is 5.34. The van der Waals surface area contributed by atoms with Gasteiger partial charge in [0.15, 0.2) is 0 Å². The predicted molar refractivity (Wildman–Crippen MR) is 72.0 cm³/mol. The molecule has 2 aromatic heterocycles. The lowest BCUT2D eigenvalue weighted by Gasteiger charge is -2.02. The van der Waals surface area contributed by atoms with Crippen molar-refractivity contribution in [2.75, 3.05) is 12.4 Å². The summed E-state index contributed by atoms with van der Waals surface area (Å²) in [6.07, 6.45) is 2.15. The fourth-order valence-electron chi connectivity index (χ4n) is 1.75. The van der Waals surface area contributed by atoms with Crippen molar-refractivity contribution in [2.24, 2.45) is 0 Å². The van der Waals surface area contributed by atoms with E-state index in [2.05, 4.69) is 25.2 Å². The number of nitrogens with zero attached hydrogens (tertiary/aromatic N) is 2. The zero-order valence-electron chi connectivity index (χ0n) is 10.7. The summed E-state index contributed by atoms with van der Waals surface area (Å²) < 4.78 is 4.65. The van der Waals surface area contributed by atoms with Crippen molar-refractivity contribution in [3.8, 4) is 0 Å². The van der Waals surface area contributed by atoms with Gasteiger partial charge in [-0.3, -0.25) is 9.89 Å². The summed E-state index contributed by atoms with van der Waals surface area (Å²) in [5.74, 6) is 0.291. The van der Waals surface area contributed by atoms with E-state index >= 15 is 0 Å². The number of aromatic nitrogens is 3. The number of carbonyl (C=O) groups is 2. The quantitative estimate of drug-likeness (QED) is 0.837. The van der Waals surface area contributed by atoms with E-state index in [1.54, 1.807) is 11.4 Å². The molecule has 7 nitrogen and oxygen atoms in total. The minimum absolute atomic E-state index is 0.0777. The summed E-state index contributed by atoms with van der Waals surface area (Å²) >= 11 is 1.20. The topological polar surface area (TPSA) is 97.0 Å². The second kappa shape index (κ2) is 5.04. The average Bonchev–Trinajstić information content (AvgIpc) is 3.01. The van der Waals surface area contributed by atoms with Crippen molar-refractivity contribution in [3.63, 3.8) is 0 Å². The number of rotatable bonds is 4. The van der Waals surface area contributed by atoms with Gasteiger partial charge in [0, 0.05) is 5.92 Å². The van der Waals surface area contributed by atoms with Gasteiger partial charge in [-0.2, -0.15) is 0 Å². The number of nitrogens with one attached hydrogen (secondary N) is 2. The number of amides is 1. The standard InChI is InChI=1S/C12H12N4O3S/c1-19-12(18)8-7(4-5-20-8)13-11(17)10-14-9(15-16-10)6-2-3-6/h4-6H,2-3H2,1H3,(H,13,17)(H,14,15,16). The van der Waals surface area contributed by atoms with Crippen LogP contribution in [0.3, 0.4) is 0 Å². The highest BCUT2D eigenvalue weighted by atomic mass is 32.1. The summed E-state index contributed by atoms with van der Waals surface area (Å²) in [6.45, 7) is 0. The van der Waals surface area contributed by atoms with E-state index in [9.17, 15) is 9.59 Å². The average molecular weight is 292 g/mol. The maximum absolute atomic E-state index is 12.0. The number of hydrogen-bond acceptors (Lipinski definition) is 6. The monoisotopic (exact) mass is 292 g/mol. The first-order valence-corrected chi connectivity index (χ1v) is 6.96. The Balaban J connectivity index is 1.74. The van der Waals surface area contributed by atoms with E-state index in [-0.39, 0.29) is 5.82 Å². The van der Waals surface area contributed by atoms with E-state index < -0.39 is 11.9 Å². The molecule has 2 aromatic rings. The van der Waals surface area contributed by atoms with Gasteiger partial charge in [0.1, 0.15) is 10.7 Å². The molecule has 104 valence electrons. The third kappa shape index (κ3) is 2.42. The number of methoxy groups -OCH3 is 1. The van der Waals surface area contributed by atoms with Crippen molar-refractivity contribution in [2.45, 2.75) is 18.8 Å². The van der Waals surface area contributed by atoms with Crippen molar-refractivity contribution >= 4 is 28.9 Å². The third-order valence-corrected chi connectivity index (χ3v) is 3.85. The van der Waals surface area contributed by atoms with E-state index in [1.807, 2.05) is 0 Å². The zero-order valence-corrected chi connectivity index (χ0v) is 11.5. The molecular formula is C12H12N4O3S. The number of esters is 1. The number of thiophene rings is 1. The van der Waals surface area contributed by atoms with Gasteiger partial charge in [-0.1, -0.05) is 0 Å². The normalized spacial score (nSPS) is 14.1. The lowest BCUT2D eigenvalue weighted by atomic mass is 10.3. The van der Waals surface area contributed by atoms with Gasteiger partial charge < -0.3 is 10.1 Å². The molecule has 1 fully saturated rings. The van der Waals surface area contributed by atoms with Gasteiger partial charge in [-0.25, -0.2) is 9.78 Å². The Hall–Kier alpha value is -2.22. The molecule has 2 heterocycles. The minimum Gasteiger partial charge on any atom is -0.465 e. The summed E-state index contributed by atoms with van der Waals surface area (Å²) in [7, 11) is 1.30. The number of H-pyrrole nitrogens is 1. The first-order chi connectivity index (χ1) is 9.69. The highest BCUT2D eigenvalue weighted by Crippen LogP contribution is 2.37. The molecule has 1 aliphatic rings. The molecular weight excluding hydrogens is 280 g/mol. The Morgan fingerprint density at radius 3 is 3.00 bits per heavy atom. The molecule has 1 aliphatic carbocycles. The van der Waals surface area contributed by atoms with Crippen LogP contribution in [0.25, 0.3) is 0 Å². The number of carbonyl (C=O) groups excluding carboxylic acids is 2. The maximum atomic E-state index is 12.0. The van der Waals surface area contributed by atoms with E-state index in [4.69, 9.17) is 0 Å². The third-order valence-electron chi connectivity index (χ3n) is 2.95. The molecule has 0 aliphatic heterocycles. The van der Waals surface area contributed by atoms with Crippen LogP contribution in [0.4, 0.5) is 5.69 Å². The molecule has 1 saturated carbocycles. The fourth-order valence-corrected chi connectivity index (χ4v) is 2.52. The molecule has 0 spiro atoms. The van der Waals surface area contributed by atoms with E-state index in [1.165, 1.54) is 18.4 Å². The molecule has 0 saturated heterocycles. The molecule has 20 heavy (non-hydrogen) atoms. The molecule has 3 rings (SSSR count). The van der Waals surface area contributed by atoms with Crippen molar-refractivity contribution < 1.29 is 14.3 Å². The number of ether oxygens (including phenoxy) is 1. The molecule has 0 unspecified atom stereocenters. The van der Waals surface area contributed by atoms with Crippen LogP contribution in [0.5, 0.6) is 0 Å². The minimum atomic E-state index is -0.482. The highest BCUT2D eigenvalue weighted by molar-refractivity contribution is 7.12. The van der Waals surface area contributed by atoms with Crippen molar-refractivity contribution in [3.05, 3.63) is 28.0 Å².